The Bertz CT molecular complexity index is 636. The first-order valence-electron chi connectivity index (χ1n) is 6.88. The van der Waals surface area contributed by atoms with E-state index in [0.717, 1.165) is 16.5 Å². The number of benzene rings is 1. The number of amides is 1. The number of H-pyrrole nitrogens is 1. The van der Waals surface area contributed by atoms with Crippen molar-refractivity contribution in [2.24, 2.45) is 5.73 Å². The van der Waals surface area contributed by atoms with E-state index < -0.39 is 12.0 Å². The number of nitrogens with two attached hydrogens (primary N) is 1. The van der Waals surface area contributed by atoms with E-state index in [1.807, 2.05) is 30.5 Å². The van der Waals surface area contributed by atoms with E-state index in [4.69, 9.17) is 10.8 Å². The van der Waals surface area contributed by atoms with E-state index in [-0.39, 0.29) is 18.9 Å². The fraction of sp³-hybridized carbons (Fsp3) is 0.333. The van der Waals surface area contributed by atoms with Crippen LogP contribution in [0.5, 0.6) is 0 Å². The minimum absolute atomic E-state index is 0.0992. The van der Waals surface area contributed by atoms with Crippen LogP contribution in [0.1, 0.15) is 18.4 Å². The van der Waals surface area contributed by atoms with Gasteiger partial charge < -0.3 is 21.1 Å². The van der Waals surface area contributed by atoms with Crippen LogP contribution < -0.4 is 11.1 Å². The van der Waals surface area contributed by atoms with Gasteiger partial charge in [-0.25, -0.2) is 0 Å². The van der Waals surface area contributed by atoms with Gasteiger partial charge in [0.15, 0.2) is 0 Å². The Morgan fingerprint density at radius 3 is 2.86 bits per heavy atom. The Labute approximate surface area is 122 Å². The van der Waals surface area contributed by atoms with E-state index >= 15 is 0 Å². The lowest BCUT2D eigenvalue weighted by atomic mass is 10.1. The van der Waals surface area contributed by atoms with Gasteiger partial charge >= 0.3 is 5.97 Å². The maximum Gasteiger partial charge on any atom is 0.320 e. The van der Waals surface area contributed by atoms with E-state index in [9.17, 15) is 9.59 Å². The molecule has 0 saturated carbocycles. The maximum absolute atomic E-state index is 11.7. The number of hydrogen-bond acceptors (Lipinski definition) is 3. The van der Waals surface area contributed by atoms with E-state index in [1.54, 1.807) is 0 Å². The molecule has 2 aromatic rings. The molecule has 1 aromatic carbocycles. The van der Waals surface area contributed by atoms with Gasteiger partial charge in [-0.05, 0) is 24.5 Å². The third kappa shape index (κ3) is 4.06. The third-order valence-electron chi connectivity index (χ3n) is 3.39. The van der Waals surface area contributed by atoms with Gasteiger partial charge in [0.05, 0.1) is 0 Å². The molecule has 1 atom stereocenters. The number of carboxylic acids is 1. The van der Waals surface area contributed by atoms with Crippen LogP contribution in [0.2, 0.25) is 0 Å². The Hall–Kier alpha value is -2.34. The van der Waals surface area contributed by atoms with Crippen LogP contribution in [-0.4, -0.2) is 34.6 Å². The number of carbonyl (C=O) groups excluding carboxylic acids is 1. The summed E-state index contributed by atoms with van der Waals surface area (Å²) in [7, 11) is 0. The molecule has 0 unspecified atom stereocenters. The molecule has 0 bridgehead atoms. The molecule has 5 N–H and O–H groups in total. The summed E-state index contributed by atoms with van der Waals surface area (Å²) >= 11 is 0. The third-order valence-corrected chi connectivity index (χ3v) is 3.39. The summed E-state index contributed by atoms with van der Waals surface area (Å²) in [6.45, 7) is 0.278. The Morgan fingerprint density at radius 2 is 2.10 bits per heavy atom. The van der Waals surface area contributed by atoms with Crippen LogP contribution in [0, 0.1) is 0 Å². The summed E-state index contributed by atoms with van der Waals surface area (Å²) in [5.41, 5.74) is 7.52. The molecule has 0 radical (unpaired) electrons. The largest absolute Gasteiger partial charge is 0.480 e. The Balaban J connectivity index is 1.78. The first kappa shape index (κ1) is 15.1. The lowest BCUT2D eigenvalue weighted by molar-refractivity contribution is -0.138. The highest BCUT2D eigenvalue weighted by Gasteiger charge is 2.11. The number of rotatable bonds is 7. The molecule has 112 valence electrons. The molecule has 6 heteroatoms. The normalized spacial score (nSPS) is 12.2. The molecule has 0 aliphatic rings. The number of para-hydroxylation sites is 1. The van der Waals surface area contributed by atoms with Gasteiger partial charge in [0.25, 0.3) is 0 Å². The highest BCUT2D eigenvalue weighted by atomic mass is 16.4. The Kier molecular flexibility index (Phi) is 4.94. The molecule has 0 spiro atoms. The number of hydrogen-bond donors (Lipinski definition) is 4. The number of aliphatic carboxylic acids is 1. The Morgan fingerprint density at radius 1 is 1.33 bits per heavy atom. The van der Waals surface area contributed by atoms with Crippen molar-refractivity contribution >= 4 is 22.8 Å². The summed E-state index contributed by atoms with van der Waals surface area (Å²) in [6.07, 6.45) is 3.15. The molecular formula is C15H19N3O3. The summed E-state index contributed by atoms with van der Waals surface area (Å²) in [6, 6.07) is 7.00. The summed E-state index contributed by atoms with van der Waals surface area (Å²) in [5, 5.41) is 12.4. The number of carbonyl (C=O) groups is 2. The monoisotopic (exact) mass is 289 g/mol. The fourth-order valence-electron chi connectivity index (χ4n) is 2.17. The topological polar surface area (TPSA) is 108 Å². The lowest BCUT2D eigenvalue weighted by Crippen LogP contribution is -2.35. The molecule has 0 fully saturated rings. The summed E-state index contributed by atoms with van der Waals surface area (Å²) in [4.78, 5) is 25.4. The first-order valence-corrected chi connectivity index (χ1v) is 6.88. The molecule has 6 nitrogen and oxygen atoms in total. The molecule has 2 rings (SSSR count). The average Bonchev–Trinajstić information content (AvgIpc) is 2.88. The van der Waals surface area contributed by atoms with Crippen molar-refractivity contribution in [2.45, 2.75) is 25.3 Å². The second-order valence-corrected chi connectivity index (χ2v) is 4.94. The molecule has 21 heavy (non-hydrogen) atoms. The van der Waals surface area contributed by atoms with E-state index in [2.05, 4.69) is 10.3 Å². The predicted octanol–water partition coefficient (Wildman–Crippen LogP) is 1.02. The lowest BCUT2D eigenvalue weighted by Gasteiger charge is -2.07. The number of fused-ring (bicyclic) bond motifs is 1. The zero-order valence-corrected chi connectivity index (χ0v) is 11.6. The molecule has 0 saturated heterocycles. The number of aryl methyl sites for hydroxylation is 1. The minimum atomic E-state index is -1.05. The number of carboxylic acid groups (broad SMARTS) is 1. The van der Waals surface area contributed by atoms with Crippen molar-refractivity contribution < 1.29 is 14.7 Å². The van der Waals surface area contributed by atoms with Crippen LogP contribution in [0.4, 0.5) is 0 Å². The highest BCUT2D eigenvalue weighted by Crippen LogP contribution is 2.18. The van der Waals surface area contributed by atoms with Crippen molar-refractivity contribution in [2.75, 3.05) is 6.54 Å². The summed E-state index contributed by atoms with van der Waals surface area (Å²) in [5.74, 6) is -1.15. The molecule has 1 heterocycles. The first-order chi connectivity index (χ1) is 10.1. The molecular weight excluding hydrogens is 270 g/mol. The SMILES string of the molecule is N[C@@H](CCNC(=O)CCc1c[nH]c2ccccc12)C(=O)O. The van der Waals surface area contributed by atoms with Crippen molar-refractivity contribution in [3.63, 3.8) is 0 Å². The van der Waals surface area contributed by atoms with Gasteiger partial charge in [0, 0.05) is 30.1 Å². The van der Waals surface area contributed by atoms with Crippen LogP contribution in [-0.2, 0) is 16.0 Å². The van der Waals surface area contributed by atoms with E-state index in [1.165, 1.54) is 0 Å². The van der Waals surface area contributed by atoms with Crippen molar-refractivity contribution in [3.05, 3.63) is 36.0 Å². The zero-order chi connectivity index (χ0) is 15.2. The number of nitrogens with one attached hydrogen (secondary N) is 2. The van der Waals surface area contributed by atoms with E-state index in [0.29, 0.717) is 12.8 Å². The van der Waals surface area contributed by atoms with Gasteiger partial charge in [-0.15, -0.1) is 0 Å². The van der Waals surface area contributed by atoms with Gasteiger partial charge in [-0.3, -0.25) is 9.59 Å². The standard InChI is InChI=1S/C15H19N3O3/c16-12(15(20)21)7-8-17-14(19)6-5-10-9-18-13-4-2-1-3-11(10)13/h1-4,9,12,18H,5-8,16H2,(H,17,19)(H,20,21)/t12-/m0/s1. The second kappa shape index (κ2) is 6.90. The van der Waals surface area contributed by atoms with Crippen LogP contribution in [0.25, 0.3) is 10.9 Å². The predicted molar refractivity (Wildman–Crippen MR) is 79.9 cm³/mol. The van der Waals surface area contributed by atoms with Gasteiger partial charge in [-0.2, -0.15) is 0 Å². The van der Waals surface area contributed by atoms with Gasteiger partial charge in [-0.1, -0.05) is 18.2 Å². The van der Waals surface area contributed by atoms with Crippen molar-refractivity contribution in [1.82, 2.24) is 10.3 Å². The number of aromatic nitrogens is 1. The molecule has 0 aliphatic heterocycles. The molecule has 0 aliphatic carbocycles. The summed E-state index contributed by atoms with van der Waals surface area (Å²) < 4.78 is 0. The van der Waals surface area contributed by atoms with Crippen molar-refractivity contribution in [3.8, 4) is 0 Å². The van der Waals surface area contributed by atoms with Gasteiger partial charge in [0.1, 0.15) is 6.04 Å². The second-order valence-electron chi connectivity index (χ2n) is 4.94. The average molecular weight is 289 g/mol. The van der Waals surface area contributed by atoms with Crippen LogP contribution >= 0.6 is 0 Å². The minimum Gasteiger partial charge on any atom is -0.480 e. The van der Waals surface area contributed by atoms with Crippen molar-refractivity contribution in [1.29, 1.82) is 0 Å². The van der Waals surface area contributed by atoms with Gasteiger partial charge in [0.2, 0.25) is 5.91 Å². The molecule has 1 aromatic heterocycles. The zero-order valence-electron chi connectivity index (χ0n) is 11.6. The number of aromatic amines is 1. The maximum atomic E-state index is 11.7. The smallest absolute Gasteiger partial charge is 0.320 e. The van der Waals surface area contributed by atoms with Crippen LogP contribution in [0.3, 0.4) is 0 Å². The highest BCUT2D eigenvalue weighted by molar-refractivity contribution is 5.84. The quantitative estimate of drug-likeness (QED) is 0.610. The van der Waals surface area contributed by atoms with Crippen LogP contribution in [0.15, 0.2) is 30.5 Å². The molecule has 1 amide bonds. The fourth-order valence-corrected chi connectivity index (χ4v) is 2.17.